The molecule has 0 radical (unpaired) electrons. The Balaban J connectivity index is 1.87. The van der Waals surface area contributed by atoms with Crippen LogP contribution in [0.1, 0.15) is 50.2 Å². The van der Waals surface area contributed by atoms with Crippen molar-refractivity contribution in [2.75, 3.05) is 13.2 Å². The molecule has 1 aliphatic rings. The lowest BCUT2D eigenvalue weighted by Crippen LogP contribution is -2.37. The van der Waals surface area contributed by atoms with Crippen LogP contribution in [0.5, 0.6) is 5.75 Å². The Labute approximate surface area is 157 Å². The third kappa shape index (κ3) is 6.72. The Hall–Kier alpha value is -1.76. The highest BCUT2D eigenvalue weighted by Crippen LogP contribution is 2.32. The van der Waals surface area contributed by atoms with Gasteiger partial charge in [-0.05, 0) is 68.7 Å². The molecule has 27 heavy (non-hydrogen) atoms. The quantitative estimate of drug-likeness (QED) is 0.497. The molecule has 152 valence electrons. The number of alkyl halides is 3. The van der Waals surface area contributed by atoms with E-state index in [1.54, 1.807) is 12.1 Å². The lowest BCUT2D eigenvalue weighted by Gasteiger charge is -2.27. The highest BCUT2D eigenvalue weighted by atomic mass is 19.4. The number of carbonyl (C=O) groups excluding carboxylic acids is 1. The van der Waals surface area contributed by atoms with Gasteiger partial charge in [0.05, 0.1) is 5.92 Å². The van der Waals surface area contributed by atoms with Crippen LogP contribution < -0.4 is 0 Å². The van der Waals surface area contributed by atoms with Gasteiger partial charge >= 0.3 is 12.1 Å². The standard InChI is InChI=1S/C20H27F3O4/c1-2-26-11-5-3-4-6-18(20(21,22)23)27-19(25)16-8-7-15-13-17(24)10-9-14(15)12-16/h9-10,13,16,18,24H,2-8,11-12H2,1H3/t16?,18-/m1/s1. The number of esters is 1. The number of ether oxygens (including phenoxy) is 2. The van der Waals surface area contributed by atoms with Crippen molar-refractivity contribution >= 4 is 5.97 Å². The van der Waals surface area contributed by atoms with Crippen molar-refractivity contribution in [3.05, 3.63) is 29.3 Å². The first-order valence-corrected chi connectivity index (χ1v) is 9.47. The molecule has 0 amide bonds. The van der Waals surface area contributed by atoms with E-state index < -0.39 is 24.2 Å². The first-order chi connectivity index (χ1) is 12.8. The fraction of sp³-hybridized carbons (Fsp3) is 0.650. The predicted molar refractivity (Wildman–Crippen MR) is 94.5 cm³/mol. The van der Waals surface area contributed by atoms with Crippen LogP contribution in [0.4, 0.5) is 13.2 Å². The molecule has 1 unspecified atom stereocenters. The number of benzene rings is 1. The van der Waals surface area contributed by atoms with Gasteiger partial charge in [0, 0.05) is 13.2 Å². The van der Waals surface area contributed by atoms with Crippen LogP contribution in [0.25, 0.3) is 0 Å². The smallest absolute Gasteiger partial charge is 0.425 e. The summed E-state index contributed by atoms with van der Waals surface area (Å²) in [5.74, 6) is -1.22. The Morgan fingerprint density at radius 2 is 2.04 bits per heavy atom. The highest BCUT2D eigenvalue weighted by Gasteiger charge is 2.43. The molecule has 7 heteroatoms. The first-order valence-electron chi connectivity index (χ1n) is 9.47. The molecule has 1 aliphatic carbocycles. The molecular weight excluding hydrogens is 361 g/mol. The van der Waals surface area contributed by atoms with Crippen molar-refractivity contribution in [2.45, 2.75) is 64.1 Å². The van der Waals surface area contributed by atoms with Gasteiger partial charge < -0.3 is 14.6 Å². The van der Waals surface area contributed by atoms with Crippen molar-refractivity contribution in [1.29, 1.82) is 0 Å². The van der Waals surface area contributed by atoms with Crippen LogP contribution in [0.15, 0.2) is 18.2 Å². The number of unbranched alkanes of at least 4 members (excludes halogenated alkanes) is 2. The third-order valence-corrected chi connectivity index (χ3v) is 4.83. The first kappa shape index (κ1) is 21.5. The summed E-state index contributed by atoms with van der Waals surface area (Å²) >= 11 is 0. The van der Waals surface area contributed by atoms with Gasteiger partial charge in [0.2, 0.25) is 0 Å². The van der Waals surface area contributed by atoms with Gasteiger partial charge in [-0.15, -0.1) is 0 Å². The van der Waals surface area contributed by atoms with Crippen molar-refractivity contribution in [3.63, 3.8) is 0 Å². The summed E-state index contributed by atoms with van der Waals surface area (Å²) in [6.45, 7) is 2.99. The van der Waals surface area contributed by atoms with Gasteiger partial charge in [0.1, 0.15) is 5.75 Å². The van der Waals surface area contributed by atoms with E-state index >= 15 is 0 Å². The molecule has 0 spiro atoms. The molecule has 0 bridgehead atoms. The minimum absolute atomic E-state index is 0.149. The maximum atomic E-state index is 13.2. The van der Waals surface area contributed by atoms with E-state index in [4.69, 9.17) is 9.47 Å². The van der Waals surface area contributed by atoms with E-state index in [0.29, 0.717) is 51.7 Å². The van der Waals surface area contributed by atoms with Crippen molar-refractivity contribution in [3.8, 4) is 5.75 Å². The lowest BCUT2D eigenvalue weighted by molar-refractivity contribution is -0.225. The number of aryl methyl sites for hydroxylation is 1. The van der Waals surface area contributed by atoms with E-state index in [-0.39, 0.29) is 12.2 Å². The van der Waals surface area contributed by atoms with E-state index in [1.807, 2.05) is 6.92 Å². The van der Waals surface area contributed by atoms with E-state index in [9.17, 15) is 23.1 Å². The Morgan fingerprint density at radius 1 is 1.26 bits per heavy atom. The predicted octanol–water partition coefficient (Wildman–Crippen LogP) is 4.57. The minimum atomic E-state index is -4.56. The molecule has 2 atom stereocenters. The zero-order valence-corrected chi connectivity index (χ0v) is 15.6. The number of hydrogen-bond acceptors (Lipinski definition) is 4. The summed E-state index contributed by atoms with van der Waals surface area (Å²) in [6, 6.07) is 4.87. The second-order valence-corrected chi connectivity index (χ2v) is 6.91. The van der Waals surface area contributed by atoms with Gasteiger partial charge in [-0.3, -0.25) is 4.79 Å². The molecule has 1 N–H and O–H groups in total. The highest BCUT2D eigenvalue weighted by molar-refractivity contribution is 5.73. The summed E-state index contributed by atoms with van der Waals surface area (Å²) in [7, 11) is 0. The lowest BCUT2D eigenvalue weighted by atomic mass is 9.84. The zero-order valence-electron chi connectivity index (χ0n) is 15.6. The zero-order chi connectivity index (χ0) is 19.9. The van der Waals surface area contributed by atoms with Crippen molar-refractivity contribution in [2.24, 2.45) is 5.92 Å². The number of fused-ring (bicyclic) bond motifs is 1. The van der Waals surface area contributed by atoms with Gasteiger partial charge in [0.25, 0.3) is 0 Å². The molecular formula is C20H27F3O4. The molecule has 2 rings (SSSR count). The maximum absolute atomic E-state index is 13.2. The molecule has 4 nitrogen and oxygen atoms in total. The van der Waals surface area contributed by atoms with Crippen LogP contribution in [-0.2, 0) is 27.1 Å². The number of carbonyl (C=O) groups is 1. The van der Waals surface area contributed by atoms with E-state index in [1.165, 1.54) is 6.07 Å². The van der Waals surface area contributed by atoms with Crippen LogP contribution in [0.3, 0.4) is 0 Å². The SMILES string of the molecule is CCOCCCCC[C@@H](OC(=O)C1CCc2cc(O)ccc2C1)C(F)(F)F. The fourth-order valence-corrected chi connectivity index (χ4v) is 3.32. The van der Waals surface area contributed by atoms with Gasteiger partial charge in [-0.2, -0.15) is 13.2 Å². The largest absolute Gasteiger partial charge is 0.508 e. The van der Waals surface area contributed by atoms with E-state index in [2.05, 4.69) is 0 Å². The van der Waals surface area contributed by atoms with Crippen molar-refractivity contribution in [1.82, 2.24) is 0 Å². The number of rotatable bonds is 9. The second kappa shape index (κ2) is 9.97. The summed E-state index contributed by atoms with van der Waals surface area (Å²) in [5, 5.41) is 9.50. The summed E-state index contributed by atoms with van der Waals surface area (Å²) < 4.78 is 49.7. The molecule has 0 saturated carbocycles. The number of phenolic OH excluding ortho intramolecular Hbond substituents is 1. The van der Waals surface area contributed by atoms with Gasteiger partial charge in [-0.25, -0.2) is 0 Å². The molecule has 0 saturated heterocycles. The molecule has 0 aliphatic heterocycles. The average Bonchev–Trinajstić information content (AvgIpc) is 2.62. The van der Waals surface area contributed by atoms with Crippen LogP contribution in [0, 0.1) is 5.92 Å². The Kier molecular flexibility index (Phi) is 7.95. The molecule has 1 aromatic carbocycles. The number of hydrogen-bond donors (Lipinski definition) is 1. The van der Waals surface area contributed by atoms with Crippen LogP contribution >= 0.6 is 0 Å². The Morgan fingerprint density at radius 3 is 2.74 bits per heavy atom. The molecule has 0 heterocycles. The van der Waals surface area contributed by atoms with Crippen LogP contribution in [-0.4, -0.2) is 36.6 Å². The van der Waals surface area contributed by atoms with Gasteiger partial charge in [0.15, 0.2) is 6.10 Å². The number of phenols is 1. The third-order valence-electron chi connectivity index (χ3n) is 4.83. The maximum Gasteiger partial charge on any atom is 0.425 e. The van der Waals surface area contributed by atoms with Crippen LogP contribution in [0.2, 0.25) is 0 Å². The van der Waals surface area contributed by atoms with Gasteiger partial charge in [-0.1, -0.05) is 12.5 Å². The number of aromatic hydroxyl groups is 1. The van der Waals surface area contributed by atoms with Crippen molar-refractivity contribution < 1.29 is 32.5 Å². The summed E-state index contributed by atoms with van der Waals surface area (Å²) in [4.78, 5) is 12.3. The molecule has 1 aromatic rings. The second-order valence-electron chi connectivity index (χ2n) is 6.91. The molecule has 0 aromatic heterocycles. The molecule has 0 fully saturated rings. The average molecular weight is 388 g/mol. The monoisotopic (exact) mass is 388 g/mol. The summed E-state index contributed by atoms with van der Waals surface area (Å²) in [6.07, 6.45) is -3.91. The number of halogens is 3. The Bertz CT molecular complexity index is 616. The fourth-order valence-electron chi connectivity index (χ4n) is 3.32. The normalized spacial score (nSPS) is 18.0. The topological polar surface area (TPSA) is 55.8 Å². The summed E-state index contributed by atoms with van der Waals surface area (Å²) in [5.41, 5.74) is 1.81. The van der Waals surface area contributed by atoms with E-state index in [0.717, 1.165) is 11.1 Å². The minimum Gasteiger partial charge on any atom is -0.508 e.